The van der Waals surface area contributed by atoms with E-state index in [1.807, 2.05) is 11.3 Å². The molecule has 0 aliphatic rings. The van der Waals surface area contributed by atoms with Crippen molar-refractivity contribution in [2.75, 3.05) is 4.90 Å². The molecule has 11 rings (SSSR count). The van der Waals surface area contributed by atoms with Gasteiger partial charge in [-0.2, -0.15) is 0 Å². The van der Waals surface area contributed by atoms with Crippen molar-refractivity contribution in [1.29, 1.82) is 0 Å². The van der Waals surface area contributed by atoms with Gasteiger partial charge in [-0.05, 0) is 105 Å². The summed E-state index contributed by atoms with van der Waals surface area (Å²) in [5, 5.41) is 7.11. The van der Waals surface area contributed by atoms with Crippen molar-refractivity contribution < 1.29 is 4.42 Å². The van der Waals surface area contributed by atoms with E-state index >= 15 is 0 Å². The van der Waals surface area contributed by atoms with Crippen LogP contribution in [0.15, 0.2) is 205 Å². The second-order valence-corrected chi connectivity index (χ2v) is 15.2. The van der Waals surface area contributed by atoms with Crippen LogP contribution in [-0.2, 0) is 0 Å². The first-order valence-electron chi connectivity index (χ1n) is 18.7. The van der Waals surface area contributed by atoms with Gasteiger partial charge in [-0.3, -0.25) is 0 Å². The maximum atomic E-state index is 6.85. The van der Waals surface area contributed by atoms with Crippen molar-refractivity contribution in [3.05, 3.63) is 200 Å². The van der Waals surface area contributed by atoms with Crippen LogP contribution >= 0.6 is 11.3 Å². The van der Waals surface area contributed by atoms with Crippen LogP contribution in [0.4, 0.5) is 17.1 Å². The number of nitrogens with zero attached hydrogens (tertiary/aromatic N) is 1. The van der Waals surface area contributed by atoms with Crippen molar-refractivity contribution in [3.8, 4) is 33.4 Å². The Balaban J connectivity index is 1.11. The van der Waals surface area contributed by atoms with E-state index in [0.29, 0.717) is 0 Å². The molecule has 0 fully saturated rings. The third-order valence-corrected chi connectivity index (χ3v) is 12.0. The van der Waals surface area contributed by atoms with Crippen LogP contribution in [0.25, 0.3) is 86.3 Å². The summed E-state index contributed by atoms with van der Waals surface area (Å²) in [7, 11) is 0. The number of fused-ring (bicyclic) bond motifs is 9. The minimum atomic E-state index is 0.915. The highest BCUT2D eigenvalue weighted by atomic mass is 32.1. The van der Waals surface area contributed by atoms with Crippen molar-refractivity contribution in [2.45, 2.75) is 0 Å². The van der Waals surface area contributed by atoms with Gasteiger partial charge < -0.3 is 9.32 Å². The lowest BCUT2D eigenvalue weighted by atomic mass is 9.98. The Bertz CT molecular complexity index is 3180. The van der Waals surface area contributed by atoms with Gasteiger partial charge in [-0.1, -0.05) is 140 Å². The van der Waals surface area contributed by atoms with Gasteiger partial charge in [0.05, 0.1) is 5.69 Å². The van der Waals surface area contributed by atoms with Crippen molar-refractivity contribution in [3.63, 3.8) is 0 Å². The van der Waals surface area contributed by atoms with Gasteiger partial charge in [-0.15, -0.1) is 11.3 Å². The number of hydrogen-bond acceptors (Lipinski definition) is 3. The highest BCUT2D eigenvalue weighted by Gasteiger charge is 2.22. The zero-order chi connectivity index (χ0) is 36.3. The maximum Gasteiger partial charge on any atom is 0.144 e. The summed E-state index contributed by atoms with van der Waals surface area (Å²) < 4.78 is 9.29. The Kier molecular flexibility index (Phi) is 7.39. The van der Waals surface area contributed by atoms with Crippen molar-refractivity contribution in [2.24, 2.45) is 0 Å². The van der Waals surface area contributed by atoms with E-state index in [4.69, 9.17) is 4.42 Å². The van der Waals surface area contributed by atoms with Crippen LogP contribution in [0.1, 0.15) is 0 Å². The summed E-state index contributed by atoms with van der Waals surface area (Å²) in [6.45, 7) is 0. The molecule has 3 heteroatoms. The Morgan fingerprint density at radius 2 is 0.927 bits per heavy atom. The van der Waals surface area contributed by atoms with Crippen LogP contribution in [-0.4, -0.2) is 0 Å². The molecule has 0 bridgehead atoms. The lowest BCUT2D eigenvalue weighted by molar-refractivity contribution is 0.673. The molecule has 11 aromatic rings. The predicted octanol–water partition coefficient (Wildman–Crippen LogP) is 15.6. The molecule has 9 aromatic carbocycles. The lowest BCUT2D eigenvalue weighted by Crippen LogP contribution is -2.10. The Hall–Kier alpha value is -6.94. The van der Waals surface area contributed by atoms with Crippen LogP contribution in [0.2, 0.25) is 0 Å². The largest absolute Gasteiger partial charge is 0.455 e. The van der Waals surface area contributed by atoms with E-state index in [1.54, 1.807) is 0 Å². The average Bonchev–Trinajstić information content (AvgIpc) is 3.84. The van der Waals surface area contributed by atoms with Gasteiger partial charge in [0.1, 0.15) is 11.2 Å². The molecule has 0 radical (unpaired) electrons. The summed E-state index contributed by atoms with van der Waals surface area (Å²) in [4.78, 5) is 2.41. The van der Waals surface area contributed by atoms with E-state index in [-0.39, 0.29) is 0 Å². The zero-order valence-corrected chi connectivity index (χ0v) is 30.6. The van der Waals surface area contributed by atoms with Crippen LogP contribution in [0, 0.1) is 0 Å². The van der Waals surface area contributed by atoms with Gasteiger partial charge in [0, 0.05) is 42.3 Å². The smallest absolute Gasteiger partial charge is 0.144 e. The highest BCUT2D eigenvalue weighted by molar-refractivity contribution is 7.26. The highest BCUT2D eigenvalue weighted by Crippen LogP contribution is 2.49. The number of hydrogen-bond donors (Lipinski definition) is 0. The first kappa shape index (κ1) is 31.6. The van der Waals surface area contributed by atoms with Gasteiger partial charge in [-0.25, -0.2) is 0 Å². The quantitative estimate of drug-likeness (QED) is 0.170. The van der Waals surface area contributed by atoms with Gasteiger partial charge in [0.25, 0.3) is 0 Å². The SMILES string of the molecule is c1ccc(-c2ccc(N(c3ccc(-c4cccc(-c5ccccc5)c4)cc3)c3cccc4sc5ccc6c(oc7ccc8ccccc8c76)c5c34)cc2)cc1. The topological polar surface area (TPSA) is 16.4 Å². The Morgan fingerprint density at radius 3 is 1.64 bits per heavy atom. The Morgan fingerprint density at radius 1 is 0.364 bits per heavy atom. The van der Waals surface area contributed by atoms with Crippen molar-refractivity contribution >= 4 is 81.3 Å². The minimum Gasteiger partial charge on any atom is -0.455 e. The second-order valence-electron chi connectivity index (χ2n) is 14.1. The molecule has 2 heterocycles. The van der Waals surface area contributed by atoms with E-state index < -0.39 is 0 Å². The fourth-order valence-electron chi connectivity index (χ4n) is 8.25. The van der Waals surface area contributed by atoms with E-state index in [2.05, 4.69) is 205 Å². The molecule has 0 unspecified atom stereocenters. The second kappa shape index (κ2) is 12.9. The molecule has 0 aliphatic heterocycles. The molecule has 0 spiro atoms. The molecule has 2 nitrogen and oxygen atoms in total. The maximum absolute atomic E-state index is 6.85. The van der Waals surface area contributed by atoms with E-state index in [1.165, 1.54) is 64.3 Å². The summed E-state index contributed by atoms with van der Waals surface area (Å²) in [5.74, 6) is 0. The zero-order valence-electron chi connectivity index (χ0n) is 29.8. The normalized spacial score (nSPS) is 11.6. The third kappa shape index (κ3) is 5.32. The molecule has 0 atom stereocenters. The summed E-state index contributed by atoms with van der Waals surface area (Å²) in [6, 6.07) is 72.0. The van der Waals surface area contributed by atoms with Gasteiger partial charge in [0.2, 0.25) is 0 Å². The Labute approximate surface area is 322 Å². The average molecular weight is 720 g/mol. The summed E-state index contributed by atoms with van der Waals surface area (Å²) >= 11 is 1.82. The standard InChI is InChI=1S/C52H33NOS/c1-3-11-34(12-4-1)36-21-26-41(27-22-36)53(42-28-23-37(24-29-42)40-17-9-16-39(33-40)35-13-5-2-6-14-35)45-19-10-20-47-50(45)51-48(55-47)32-30-44-49-43-18-8-7-15-38(43)25-31-46(49)54-52(44)51/h1-33H. The first-order chi connectivity index (χ1) is 27.3. The fraction of sp³-hybridized carbons (Fsp3) is 0. The predicted molar refractivity (Wildman–Crippen MR) is 235 cm³/mol. The first-order valence-corrected chi connectivity index (χ1v) is 19.5. The molecule has 258 valence electrons. The van der Waals surface area contributed by atoms with E-state index in [9.17, 15) is 0 Å². The lowest BCUT2D eigenvalue weighted by Gasteiger charge is -2.27. The molecule has 0 aliphatic carbocycles. The molecule has 0 saturated heterocycles. The summed E-state index contributed by atoms with van der Waals surface area (Å²) in [6.07, 6.45) is 0. The van der Waals surface area contributed by atoms with E-state index in [0.717, 1.165) is 39.0 Å². The molecular weight excluding hydrogens is 687 g/mol. The van der Waals surface area contributed by atoms with Crippen LogP contribution < -0.4 is 4.90 Å². The van der Waals surface area contributed by atoms with Gasteiger partial charge in [0.15, 0.2) is 0 Å². The molecule has 0 saturated carbocycles. The minimum absolute atomic E-state index is 0.915. The monoisotopic (exact) mass is 719 g/mol. The van der Waals surface area contributed by atoms with Crippen LogP contribution in [0.5, 0.6) is 0 Å². The number of furan rings is 1. The number of thiophene rings is 1. The molecule has 0 amide bonds. The molecule has 55 heavy (non-hydrogen) atoms. The van der Waals surface area contributed by atoms with Crippen LogP contribution in [0.3, 0.4) is 0 Å². The summed E-state index contributed by atoms with van der Waals surface area (Å²) in [5.41, 5.74) is 12.3. The molecule has 0 N–H and O–H groups in total. The number of benzene rings is 9. The molecular formula is C52H33NOS. The van der Waals surface area contributed by atoms with Gasteiger partial charge >= 0.3 is 0 Å². The van der Waals surface area contributed by atoms with Crippen molar-refractivity contribution in [1.82, 2.24) is 0 Å². The fourth-order valence-corrected chi connectivity index (χ4v) is 9.37. The third-order valence-electron chi connectivity index (χ3n) is 10.9. The number of rotatable bonds is 6. The molecule has 2 aromatic heterocycles. The number of anilines is 3.